The number of likely N-dealkylation sites (N-methyl/N-ethyl adjacent to an activating group) is 1. The third-order valence-corrected chi connectivity index (χ3v) is 7.14. The number of hydrogen-bond acceptors (Lipinski definition) is 5. The lowest BCUT2D eigenvalue weighted by molar-refractivity contribution is -0.141. The molecule has 3 heterocycles. The van der Waals surface area contributed by atoms with Gasteiger partial charge in [0.25, 0.3) is 0 Å². The van der Waals surface area contributed by atoms with E-state index in [4.69, 9.17) is 0 Å². The first kappa shape index (κ1) is 22.8. The van der Waals surface area contributed by atoms with Crippen LogP contribution in [0.3, 0.4) is 0 Å². The monoisotopic (exact) mass is 468 g/mol. The Kier molecular flexibility index (Phi) is 6.07. The van der Waals surface area contributed by atoms with Crippen LogP contribution in [0.2, 0.25) is 0 Å². The van der Waals surface area contributed by atoms with Crippen LogP contribution in [0.15, 0.2) is 79.0 Å². The Bertz CT molecular complexity index is 1220. The molecule has 7 nitrogen and oxygen atoms in total. The molecule has 5 rings (SSSR count). The lowest BCUT2D eigenvalue weighted by atomic mass is 9.75. The van der Waals surface area contributed by atoms with Crippen molar-refractivity contribution >= 4 is 23.5 Å². The minimum atomic E-state index is -1.17. The van der Waals surface area contributed by atoms with Crippen molar-refractivity contribution in [2.24, 2.45) is 0 Å². The molecule has 2 saturated heterocycles. The van der Waals surface area contributed by atoms with Crippen LogP contribution in [0, 0.1) is 0 Å². The molecule has 0 radical (unpaired) electrons. The van der Waals surface area contributed by atoms with E-state index in [-0.39, 0.29) is 30.6 Å². The number of carbonyl (C=O) groups is 3. The quantitative estimate of drug-likeness (QED) is 0.538. The Morgan fingerprint density at radius 2 is 1.51 bits per heavy atom. The molecule has 0 N–H and O–H groups in total. The van der Waals surface area contributed by atoms with Gasteiger partial charge < -0.3 is 9.80 Å². The molecular weight excluding hydrogens is 440 g/mol. The Morgan fingerprint density at radius 3 is 2.11 bits per heavy atom. The zero-order chi connectivity index (χ0) is 24.4. The van der Waals surface area contributed by atoms with E-state index in [1.54, 1.807) is 11.1 Å². The van der Waals surface area contributed by atoms with E-state index in [9.17, 15) is 14.4 Å². The molecule has 0 spiro atoms. The third kappa shape index (κ3) is 4.30. The summed E-state index contributed by atoms with van der Waals surface area (Å²) in [5.41, 5.74) is 1.63. The highest BCUT2D eigenvalue weighted by molar-refractivity contribution is 6.10. The number of piperazine rings is 1. The summed E-state index contributed by atoms with van der Waals surface area (Å²) in [5.74, 6) is 0.229. The van der Waals surface area contributed by atoms with Gasteiger partial charge in [-0.15, -0.1) is 0 Å². The van der Waals surface area contributed by atoms with Crippen molar-refractivity contribution in [1.82, 2.24) is 14.8 Å². The van der Waals surface area contributed by atoms with Gasteiger partial charge in [0.2, 0.25) is 17.7 Å². The Balaban J connectivity index is 1.36. The average molecular weight is 469 g/mol. The first-order valence-electron chi connectivity index (χ1n) is 11.9. The van der Waals surface area contributed by atoms with E-state index in [1.807, 2.05) is 72.8 Å². The van der Waals surface area contributed by atoms with Crippen molar-refractivity contribution in [2.75, 3.05) is 38.1 Å². The fraction of sp³-hybridized carbons (Fsp3) is 0.286. The topological polar surface area (TPSA) is 73.8 Å². The summed E-state index contributed by atoms with van der Waals surface area (Å²) in [4.78, 5) is 48.9. The second kappa shape index (κ2) is 9.33. The van der Waals surface area contributed by atoms with Crippen LogP contribution in [0.25, 0.3) is 11.1 Å². The predicted octanol–water partition coefficient (Wildman–Crippen LogP) is 3.11. The molecule has 178 valence electrons. The first-order chi connectivity index (χ1) is 17.0. The molecule has 0 aliphatic carbocycles. The van der Waals surface area contributed by atoms with Gasteiger partial charge in [-0.25, -0.2) is 4.98 Å². The number of carbonyl (C=O) groups excluding carboxylic acids is 3. The highest BCUT2D eigenvalue weighted by Crippen LogP contribution is 2.40. The van der Waals surface area contributed by atoms with Crippen LogP contribution in [0.4, 0.5) is 5.82 Å². The molecule has 7 heteroatoms. The van der Waals surface area contributed by atoms with E-state index in [2.05, 4.69) is 9.88 Å². The van der Waals surface area contributed by atoms with Crippen LogP contribution < -0.4 is 4.90 Å². The minimum Gasteiger partial charge on any atom is -0.353 e. The molecule has 3 amide bonds. The number of pyridine rings is 1. The van der Waals surface area contributed by atoms with Crippen LogP contribution in [-0.4, -0.2) is 65.7 Å². The van der Waals surface area contributed by atoms with Gasteiger partial charge in [0.1, 0.15) is 5.82 Å². The van der Waals surface area contributed by atoms with Crippen molar-refractivity contribution in [3.8, 4) is 11.1 Å². The van der Waals surface area contributed by atoms with Crippen molar-refractivity contribution in [3.63, 3.8) is 0 Å². The average Bonchev–Trinajstić information content (AvgIpc) is 3.13. The maximum Gasteiger partial charge on any atom is 0.240 e. The molecule has 2 fully saturated rings. The zero-order valence-corrected chi connectivity index (χ0v) is 19.8. The Morgan fingerprint density at radius 1 is 0.857 bits per heavy atom. The lowest BCUT2D eigenvalue weighted by Gasteiger charge is -2.37. The smallest absolute Gasteiger partial charge is 0.240 e. The van der Waals surface area contributed by atoms with Crippen LogP contribution in [0.5, 0.6) is 0 Å². The summed E-state index contributed by atoms with van der Waals surface area (Å²) in [7, 11) is 1.50. The number of amides is 3. The van der Waals surface area contributed by atoms with Gasteiger partial charge >= 0.3 is 0 Å². The van der Waals surface area contributed by atoms with Gasteiger partial charge in [-0.05, 0) is 28.8 Å². The van der Waals surface area contributed by atoms with Crippen LogP contribution >= 0.6 is 0 Å². The van der Waals surface area contributed by atoms with Crippen molar-refractivity contribution < 1.29 is 14.4 Å². The van der Waals surface area contributed by atoms with Crippen molar-refractivity contribution in [1.29, 1.82) is 0 Å². The highest BCUT2D eigenvalue weighted by atomic mass is 16.2. The molecule has 3 aromatic rings. The molecule has 2 aliphatic heterocycles. The van der Waals surface area contributed by atoms with E-state index < -0.39 is 5.41 Å². The van der Waals surface area contributed by atoms with E-state index in [0.29, 0.717) is 31.7 Å². The van der Waals surface area contributed by atoms with Crippen LogP contribution in [-0.2, 0) is 19.8 Å². The third-order valence-electron chi connectivity index (χ3n) is 7.14. The van der Waals surface area contributed by atoms with Gasteiger partial charge in [-0.2, -0.15) is 0 Å². The molecule has 2 aliphatic rings. The van der Waals surface area contributed by atoms with Crippen molar-refractivity contribution in [3.05, 3.63) is 84.6 Å². The summed E-state index contributed by atoms with van der Waals surface area (Å²) >= 11 is 0. The van der Waals surface area contributed by atoms with E-state index >= 15 is 0 Å². The maximum atomic E-state index is 13.4. The summed E-state index contributed by atoms with van der Waals surface area (Å²) in [6.07, 6.45) is 1.75. The van der Waals surface area contributed by atoms with Gasteiger partial charge in [0.15, 0.2) is 0 Å². The second-order valence-electron chi connectivity index (χ2n) is 9.19. The lowest BCUT2D eigenvalue weighted by Crippen LogP contribution is -2.51. The number of likely N-dealkylation sites (tertiary alicyclic amines) is 1. The van der Waals surface area contributed by atoms with Gasteiger partial charge in [0.05, 0.1) is 5.41 Å². The second-order valence-corrected chi connectivity index (χ2v) is 9.19. The fourth-order valence-electron chi connectivity index (χ4n) is 5.06. The number of anilines is 1. The predicted molar refractivity (Wildman–Crippen MR) is 134 cm³/mol. The number of imide groups is 1. The number of rotatable bonds is 5. The largest absolute Gasteiger partial charge is 0.353 e. The van der Waals surface area contributed by atoms with Gasteiger partial charge in [-0.3, -0.25) is 19.3 Å². The number of hydrogen-bond donors (Lipinski definition) is 0. The molecule has 2 aromatic carbocycles. The minimum absolute atomic E-state index is 0.00660. The Hall–Kier alpha value is -4.00. The summed E-state index contributed by atoms with van der Waals surface area (Å²) in [6, 6.07) is 23.5. The summed E-state index contributed by atoms with van der Waals surface area (Å²) < 4.78 is 0. The van der Waals surface area contributed by atoms with Gasteiger partial charge in [0, 0.05) is 52.3 Å². The molecule has 1 aromatic heterocycles. The number of aromatic nitrogens is 1. The Labute approximate surface area is 205 Å². The maximum absolute atomic E-state index is 13.4. The fourth-order valence-corrected chi connectivity index (χ4v) is 5.06. The first-order valence-corrected chi connectivity index (χ1v) is 11.9. The highest BCUT2D eigenvalue weighted by Gasteiger charge is 2.53. The molecule has 35 heavy (non-hydrogen) atoms. The van der Waals surface area contributed by atoms with E-state index in [0.717, 1.165) is 21.8 Å². The van der Waals surface area contributed by atoms with Crippen LogP contribution in [0.1, 0.15) is 18.4 Å². The molecule has 1 unspecified atom stereocenters. The normalized spacial score (nSPS) is 20.4. The summed E-state index contributed by atoms with van der Waals surface area (Å²) in [5, 5.41) is 0. The van der Waals surface area contributed by atoms with Gasteiger partial charge in [-0.1, -0.05) is 60.7 Å². The summed E-state index contributed by atoms with van der Waals surface area (Å²) in [6.45, 7) is 2.45. The van der Waals surface area contributed by atoms with E-state index in [1.165, 1.54) is 7.05 Å². The standard InChI is InChI=1S/C28H28N4O3/c1-30-25(33)19-28(27(30)35,23-12-10-22(11-13-23)21-7-3-2-4-8-21)20-26(34)32-17-15-31(16-18-32)24-9-5-6-14-29-24/h2-14H,15-20H2,1H3. The number of nitrogens with zero attached hydrogens (tertiary/aromatic N) is 4. The number of benzene rings is 2. The van der Waals surface area contributed by atoms with Crippen molar-refractivity contribution in [2.45, 2.75) is 18.3 Å². The zero-order valence-electron chi connectivity index (χ0n) is 19.8. The molecule has 0 bridgehead atoms. The molecule has 1 atom stereocenters. The molecular formula is C28H28N4O3. The SMILES string of the molecule is CN1C(=O)CC(CC(=O)N2CCN(c3ccccn3)CC2)(c2ccc(-c3ccccc3)cc2)C1=O. The molecule has 0 saturated carbocycles.